The molecule has 3 heteroatoms. The summed E-state index contributed by atoms with van der Waals surface area (Å²) in [6, 6.07) is 7.67. The van der Waals surface area contributed by atoms with Gasteiger partial charge in [-0.05, 0) is 42.7 Å². The minimum atomic E-state index is -0.517. The fourth-order valence-corrected chi connectivity index (χ4v) is 3.41. The molecule has 0 saturated heterocycles. The van der Waals surface area contributed by atoms with Gasteiger partial charge in [-0.3, -0.25) is 4.79 Å². The summed E-state index contributed by atoms with van der Waals surface area (Å²) >= 11 is 0. The minimum Gasteiger partial charge on any atom is -0.390 e. The Morgan fingerprint density at radius 3 is 2.76 bits per heavy atom. The first kappa shape index (κ1) is 14.3. The van der Waals surface area contributed by atoms with E-state index in [0.717, 1.165) is 29.9 Å². The number of nitrogens with one attached hydrogen (secondary N) is 1. The van der Waals surface area contributed by atoms with E-state index < -0.39 is 6.10 Å². The molecule has 2 N–H and O–H groups in total. The van der Waals surface area contributed by atoms with Gasteiger partial charge < -0.3 is 10.4 Å². The normalized spacial score (nSPS) is 28.1. The number of aliphatic hydroxyl groups is 1. The quantitative estimate of drug-likeness (QED) is 0.821. The van der Waals surface area contributed by atoms with Gasteiger partial charge in [0.05, 0.1) is 12.1 Å². The molecule has 0 spiro atoms. The van der Waals surface area contributed by atoms with Gasteiger partial charge in [-0.1, -0.05) is 36.8 Å². The van der Waals surface area contributed by atoms with E-state index in [1.54, 1.807) is 6.08 Å². The zero-order valence-electron chi connectivity index (χ0n) is 12.5. The minimum absolute atomic E-state index is 0.0692. The number of hydrogen-bond donors (Lipinski definition) is 2. The molecule has 0 aliphatic heterocycles. The molecule has 0 heterocycles. The molecule has 1 saturated carbocycles. The summed E-state index contributed by atoms with van der Waals surface area (Å²) in [5.74, 6) is 0.703. The van der Waals surface area contributed by atoms with Crippen molar-refractivity contribution in [1.29, 1.82) is 0 Å². The van der Waals surface area contributed by atoms with Gasteiger partial charge in [-0.2, -0.15) is 0 Å². The van der Waals surface area contributed by atoms with Gasteiger partial charge in [-0.25, -0.2) is 0 Å². The average molecular weight is 285 g/mol. The van der Waals surface area contributed by atoms with Crippen LogP contribution in [0, 0.1) is 5.92 Å². The van der Waals surface area contributed by atoms with Crippen LogP contribution >= 0.6 is 0 Å². The topological polar surface area (TPSA) is 49.3 Å². The van der Waals surface area contributed by atoms with Crippen LogP contribution < -0.4 is 5.32 Å². The van der Waals surface area contributed by atoms with Crippen molar-refractivity contribution >= 4 is 5.91 Å². The Morgan fingerprint density at radius 1 is 1.29 bits per heavy atom. The highest BCUT2D eigenvalue weighted by molar-refractivity contribution is 5.88. The molecule has 21 heavy (non-hydrogen) atoms. The Labute approximate surface area is 126 Å². The second-order valence-electron chi connectivity index (χ2n) is 6.44. The lowest BCUT2D eigenvalue weighted by molar-refractivity contribution is -0.118. The highest BCUT2D eigenvalue weighted by Crippen LogP contribution is 2.31. The number of rotatable bonds is 2. The monoisotopic (exact) mass is 285 g/mol. The van der Waals surface area contributed by atoms with Crippen LogP contribution in [-0.4, -0.2) is 17.1 Å². The largest absolute Gasteiger partial charge is 0.390 e. The molecule has 0 bridgehead atoms. The van der Waals surface area contributed by atoms with Crippen LogP contribution in [0.5, 0.6) is 0 Å². The van der Waals surface area contributed by atoms with Gasteiger partial charge in [0.2, 0.25) is 5.91 Å². The molecule has 1 aromatic rings. The van der Waals surface area contributed by atoms with E-state index in [1.165, 1.54) is 18.4 Å². The van der Waals surface area contributed by atoms with Crippen molar-refractivity contribution in [1.82, 2.24) is 5.32 Å². The van der Waals surface area contributed by atoms with Crippen LogP contribution in [0.15, 0.2) is 35.9 Å². The Kier molecular flexibility index (Phi) is 4.11. The van der Waals surface area contributed by atoms with Gasteiger partial charge in [0.1, 0.15) is 0 Å². The fraction of sp³-hybridized carbons (Fsp3) is 0.500. The smallest absolute Gasteiger partial charge is 0.244 e. The number of carbonyl (C=O) groups excluding carboxylic acids is 1. The Morgan fingerprint density at radius 2 is 2.00 bits per heavy atom. The molecule has 0 aromatic heterocycles. The van der Waals surface area contributed by atoms with Crippen LogP contribution in [0.4, 0.5) is 0 Å². The number of allylic oxidation sites excluding steroid dienone is 1. The maximum absolute atomic E-state index is 12.2. The van der Waals surface area contributed by atoms with Crippen molar-refractivity contribution in [2.45, 2.75) is 51.2 Å². The van der Waals surface area contributed by atoms with E-state index in [2.05, 4.69) is 12.2 Å². The lowest BCUT2D eigenvalue weighted by Gasteiger charge is -2.21. The first-order valence-electron chi connectivity index (χ1n) is 7.89. The van der Waals surface area contributed by atoms with E-state index in [4.69, 9.17) is 0 Å². The molecule has 112 valence electrons. The van der Waals surface area contributed by atoms with Crippen LogP contribution in [-0.2, 0) is 11.2 Å². The zero-order valence-corrected chi connectivity index (χ0v) is 12.5. The summed E-state index contributed by atoms with van der Waals surface area (Å²) in [5, 5.41) is 13.1. The molecular weight excluding hydrogens is 262 g/mol. The predicted molar refractivity (Wildman–Crippen MR) is 82.8 cm³/mol. The lowest BCUT2D eigenvalue weighted by atomic mass is 9.87. The maximum Gasteiger partial charge on any atom is 0.244 e. The molecule has 0 radical (unpaired) electrons. The van der Waals surface area contributed by atoms with Crippen LogP contribution in [0.3, 0.4) is 0 Å². The van der Waals surface area contributed by atoms with Gasteiger partial charge >= 0.3 is 0 Å². The number of hydrogen-bond acceptors (Lipinski definition) is 2. The Bertz CT molecular complexity index is 554. The third-order valence-electron chi connectivity index (χ3n) is 4.75. The fourth-order valence-electron chi connectivity index (χ4n) is 3.41. The highest BCUT2D eigenvalue weighted by Gasteiger charge is 2.31. The molecule has 3 nitrogen and oxygen atoms in total. The molecule has 2 unspecified atom stereocenters. The first-order chi connectivity index (χ1) is 10.1. The predicted octanol–water partition coefficient (Wildman–Crippen LogP) is 2.90. The Balaban J connectivity index is 1.67. The third kappa shape index (κ3) is 3.18. The summed E-state index contributed by atoms with van der Waals surface area (Å²) in [6.45, 7) is 2.27. The summed E-state index contributed by atoms with van der Waals surface area (Å²) in [6.07, 6.45) is 6.25. The third-order valence-corrected chi connectivity index (χ3v) is 4.75. The molecule has 2 aliphatic carbocycles. The standard InChI is InChI=1S/C18H23NO2/c1-12-6-8-13(9-7-12)10-17(21)19-18-15-5-3-2-4-14(15)11-16(18)20/h2-5,10,12,16,18,20H,6-9,11H2,1H3,(H,19,21). The van der Waals surface area contributed by atoms with Crippen molar-refractivity contribution in [3.8, 4) is 0 Å². The van der Waals surface area contributed by atoms with E-state index >= 15 is 0 Å². The van der Waals surface area contributed by atoms with Gasteiger partial charge in [-0.15, -0.1) is 0 Å². The average Bonchev–Trinajstić information content (AvgIpc) is 2.78. The lowest BCUT2D eigenvalue weighted by Crippen LogP contribution is -2.33. The van der Waals surface area contributed by atoms with Crippen LogP contribution in [0.2, 0.25) is 0 Å². The maximum atomic E-state index is 12.2. The van der Waals surface area contributed by atoms with Gasteiger partial charge in [0.25, 0.3) is 0 Å². The number of amides is 1. The van der Waals surface area contributed by atoms with Gasteiger partial charge in [0.15, 0.2) is 0 Å². The highest BCUT2D eigenvalue weighted by atomic mass is 16.3. The zero-order chi connectivity index (χ0) is 14.8. The van der Waals surface area contributed by atoms with Crippen molar-refractivity contribution in [3.63, 3.8) is 0 Å². The summed E-state index contributed by atoms with van der Waals surface area (Å²) < 4.78 is 0. The molecule has 2 aliphatic rings. The SMILES string of the molecule is CC1CCC(=CC(=O)NC2c3ccccc3CC2O)CC1. The van der Waals surface area contributed by atoms with Crippen LogP contribution in [0.1, 0.15) is 49.8 Å². The van der Waals surface area contributed by atoms with Gasteiger partial charge in [0, 0.05) is 12.5 Å². The van der Waals surface area contributed by atoms with E-state index in [-0.39, 0.29) is 11.9 Å². The summed E-state index contributed by atoms with van der Waals surface area (Å²) in [4.78, 5) is 12.2. The molecule has 1 aromatic carbocycles. The van der Waals surface area contributed by atoms with E-state index in [0.29, 0.717) is 6.42 Å². The Hall–Kier alpha value is -1.61. The van der Waals surface area contributed by atoms with E-state index in [9.17, 15) is 9.90 Å². The second kappa shape index (κ2) is 6.02. The van der Waals surface area contributed by atoms with Crippen LogP contribution in [0.25, 0.3) is 0 Å². The molecule has 3 rings (SSSR count). The van der Waals surface area contributed by atoms with E-state index in [1.807, 2.05) is 24.3 Å². The summed E-state index contributed by atoms with van der Waals surface area (Å²) in [7, 11) is 0. The molecule has 1 fully saturated rings. The molecule has 1 amide bonds. The van der Waals surface area contributed by atoms with Crippen molar-refractivity contribution in [3.05, 3.63) is 47.0 Å². The number of benzene rings is 1. The first-order valence-corrected chi connectivity index (χ1v) is 7.89. The summed E-state index contributed by atoms with van der Waals surface area (Å²) in [5.41, 5.74) is 3.43. The molecular formula is C18H23NO2. The molecule has 2 atom stereocenters. The van der Waals surface area contributed by atoms with Crippen molar-refractivity contribution in [2.24, 2.45) is 5.92 Å². The van der Waals surface area contributed by atoms with Crippen molar-refractivity contribution < 1.29 is 9.90 Å². The van der Waals surface area contributed by atoms with Crippen molar-refractivity contribution in [2.75, 3.05) is 0 Å². The number of aliphatic hydroxyl groups excluding tert-OH is 1. The second-order valence-corrected chi connectivity index (χ2v) is 6.44. The number of fused-ring (bicyclic) bond motifs is 1. The number of carbonyl (C=O) groups is 1.